The number of rotatable bonds is 7. The van der Waals surface area contributed by atoms with Gasteiger partial charge < -0.3 is 14.4 Å². The maximum Gasteiger partial charge on any atom is 0.254 e. The minimum atomic E-state index is -0.211. The zero-order valence-electron chi connectivity index (χ0n) is 13.4. The van der Waals surface area contributed by atoms with Crippen LogP contribution in [0.3, 0.4) is 0 Å². The Morgan fingerprint density at radius 3 is 2.64 bits per heavy atom. The number of nitriles is 1. The predicted molar refractivity (Wildman–Crippen MR) is 88.2 cm³/mol. The number of halogens is 1. The molecule has 0 aliphatic heterocycles. The Morgan fingerprint density at radius 2 is 2.14 bits per heavy atom. The summed E-state index contributed by atoms with van der Waals surface area (Å²) in [7, 11) is 1.54. The van der Waals surface area contributed by atoms with Gasteiger partial charge in [0.1, 0.15) is 0 Å². The van der Waals surface area contributed by atoms with E-state index in [0.29, 0.717) is 41.2 Å². The Labute approximate surface area is 139 Å². The molecule has 0 aliphatic carbocycles. The molecule has 120 valence electrons. The molecule has 0 aromatic heterocycles. The van der Waals surface area contributed by atoms with Crippen molar-refractivity contribution >= 4 is 21.8 Å². The third kappa shape index (κ3) is 4.38. The first-order chi connectivity index (χ1) is 10.5. The lowest BCUT2D eigenvalue weighted by Gasteiger charge is -2.23. The monoisotopic (exact) mass is 368 g/mol. The molecule has 22 heavy (non-hydrogen) atoms. The van der Waals surface area contributed by atoms with E-state index >= 15 is 0 Å². The molecule has 1 unspecified atom stereocenters. The molecule has 1 rings (SSSR count). The largest absolute Gasteiger partial charge is 0.493 e. The molecule has 0 spiro atoms. The highest BCUT2D eigenvalue weighted by Crippen LogP contribution is 2.37. The van der Waals surface area contributed by atoms with Gasteiger partial charge in [0.25, 0.3) is 5.91 Å². The fourth-order valence-corrected chi connectivity index (χ4v) is 2.59. The topological polar surface area (TPSA) is 62.6 Å². The van der Waals surface area contributed by atoms with Crippen molar-refractivity contribution in [2.45, 2.75) is 20.8 Å². The molecule has 1 atom stereocenters. The molecular weight excluding hydrogens is 348 g/mol. The normalized spacial score (nSPS) is 11.5. The molecule has 0 heterocycles. The van der Waals surface area contributed by atoms with Crippen LogP contribution in [-0.4, -0.2) is 37.6 Å². The number of ether oxygens (including phenoxy) is 2. The van der Waals surface area contributed by atoms with Crippen LogP contribution in [0.2, 0.25) is 0 Å². The molecule has 0 fully saturated rings. The van der Waals surface area contributed by atoms with Crippen LogP contribution in [0.5, 0.6) is 11.5 Å². The van der Waals surface area contributed by atoms with Gasteiger partial charge in [0.05, 0.1) is 30.2 Å². The lowest BCUT2D eigenvalue weighted by atomic mass is 10.1. The van der Waals surface area contributed by atoms with Crippen molar-refractivity contribution in [3.05, 3.63) is 22.2 Å². The van der Waals surface area contributed by atoms with Crippen LogP contribution in [0, 0.1) is 17.2 Å². The summed E-state index contributed by atoms with van der Waals surface area (Å²) in [6, 6.07) is 5.53. The first kappa shape index (κ1) is 18.3. The Bertz CT molecular complexity index is 569. The quantitative estimate of drug-likeness (QED) is 0.738. The van der Waals surface area contributed by atoms with Crippen LogP contribution < -0.4 is 9.47 Å². The van der Waals surface area contributed by atoms with Crippen molar-refractivity contribution in [2.24, 2.45) is 5.92 Å². The van der Waals surface area contributed by atoms with Crippen LogP contribution >= 0.6 is 15.9 Å². The van der Waals surface area contributed by atoms with E-state index < -0.39 is 0 Å². The van der Waals surface area contributed by atoms with Crippen molar-refractivity contribution in [3.8, 4) is 17.6 Å². The van der Waals surface area contributed by atoms with Crippen LogP contribution in [-0.2, 0) is 0 Å². The maximum absolute atomic E-state index is 12.6. The van der Waals surface area contributed by atoms with Crippen LogP contribution in [0.4, 0.5) is 0 Å². The zero-order valence-corrected chi connectivity index (χ0v) is 14.9. The van der Waals surface area contributed by atoms with E-state index in [9.17, 15) is 4.79 Å². The molecule has 5 nitrogen and oxygen atoms in total. The fraction of sp³-hybridized carbons (Fsp3) is 0.500. The SMILES string of the molecule is CCOc1c(Br)cc(C(=O)N(CC)CC(C)C#N)cc1OC. The number of amides is 1. The number of carbonyl (C=O) groups excluding carboxylic acids is 1. The summed E-state index contributed by atoms with van der Waals surface area (Å²) in [5, 5.41) is 8.92. The number of carbonyl (C=O) groups is 1. The van der Waals surface area contributed by atoms with E-state index in [0.717, 1.165) is 0 Å². The zero-order chi connectivity index (χ0) is 16.7. The summed E-state index contributed by atoms with van der Waals surface area (Å²) in [4.78, 5) is 14.3. The maximum atomic E-state index is 12.6. The average Bonchev–Trinajstić information content (AvgIpc) is 2.53. The van der Waals surface area contributed by atoms with E-state index in [1.807, 2.05) is 13.8 Å². The van der Waals surface area contributed by atoms with Crippen molar-refractivity contribution in [2.75, 3.05) is 26.8 Å². The predicted octanol–water partition coefficient (Wildman–Crippen LogP) is 3.48. The van der Waals surface area contributed by atoms with Gasteiger partial charge in [-0.15, -0.1) is 0 Å². The fourth-order valence-electron chi connectivity index (χ4n) is 2.04. The summed E-state index contributed by atoms with van der Waals surface area (Å²) in [6.45, 7) is 7.01. The van der Waals surface area contributed by atoms with E-state index in [1.54, 1.807) is 24.0 Å². The summed E-state index contributed by atoms with van der Waals surface area (Å²) in [5.74, 6) is 0.738. The molecule has 0 N–H and O–H groups in total. The number of hydrogen-bond acceptors (Lipinski definition) is 4. The number of methoxy groups -OCH3 is 1. The van der Waals surface area contributed by atoms with Gasteiger partial charge >= 0.3 is 0 Å². The van der Waals surface area contributed by atoms with Gasteiger partial charge in [-0.3, -0.25) is 4.79 Å². The van der Waals surface area contributed by atoms with E-state index in [4.69, 9.17) is 14.7 Å². The summed E-state index contributed by atoms with van der Waals surface area (Å²) in [6.07, 6.45) is 0. The molecule has 6 heteroatoms. The van der Waals surface area contributed by atoms with Crippen LogP contribution in [0.1, 0.15) is 31.1 Å². The molecule has 0 saturated heterocycles. The minimum absolute atomic E-state index is 0.133. The van der Waals surface area contributed by atoms with Crippen LogP contribution in [0.25, 0.3) is 0 Å². The highest BCUT2D eigenvalue weighted by atomic mass is 79.9. The molecule has 0 radical (unpaired) electrons. The Balaban J connectivity index is 3.12. The summed E-state index contributed by atoms with van der Waals surface area (Å²) < 4.78 is 11.5. The first-order valence-corrected chi connectivity index (χ1v) is 7.96. The number of nitrogens with zero attached hydrogens (tertiary/aromatic N) is 2. The van der Waals surface area contributed by atoms with Gasteiger partial charge in [-0.25, -0.2) is 0 Å². The van der Waals surface area contributed by atoms with Gasteiger partial charge in [0.2, 0.25) is 0 Å². The van der Waals surface area contributed by atoms with Crippen molar-refractivity contribution in [1.29, 1.82) is 5.26 Å². The molecule has 1 aromatic rings. The first-order valence-electron chi connectivity index (χ1n) is 7.17. The molecule has 0 bridgehead atoms. The van der Waals surface area contributed by atoms with E-state index in [1.165, 1.54) is 7.11 Å². The Kier molecular flexibility index (Phi) is 7.19. The third-order valence-electron chi connectivity index (χ3n) is 3.15. The van der Waals surface area contributed by atoms with Gasteiger partial charge in [-0.2, -0.15) is 5.26 Å². The summed E-state index contributed by atoms with van der Waals surface area (Å²) >= 11 is 3.42. The third-order valence-corrected chi connectivity index (χ3v) is 3.74. The van der Waals surface area contributed by atoms with Crippen molar-refractivity contribution in [1.82, 2.24) is 4.90 Å². The highest BCUT2D eigenvalue weighted by molar-refractivity contribution is 9.10. The van der Waals surface area contributed by atoms with Gasteiger partial charge in [-0.05, 0) is 48.8 Å². The highest BCUT2D eigenvalue weighted by Gasteiger charge is 2.20. The molecule has 0 aliphatic rings. The molecule has 1 aromatic carbocycles. The van der Waals surface area contributed by atoms with Crippen molar-refractivity contribution < 1.29 is 14.3 Å². The second kappa shape index (κ2) is 8.64. The molecule has 1 amide bonds. The van der Waals surface area contributed by atoms with Gasteiger partial charge in [0, 0.05) is 18.7 Å². The minimum Gasteiger partial charge on any atom is -0.493 e. The smallest absolute Gasteiger partial charge is 0.254 e. The lowest BCUT2D eigenvalue weighted by molar-refractivity contribution is 0.0752. The lowest BCUT2D eigenvalue weighted by Crippen LogP contribution is -2.34. The Morgan fingerprint density at radius 1 is 1.45 bits per heavy atom. The number of benzene rings is 1. The van der Waals surface area contributed by atoms with Crippen molar-refractivity contribution in [3.63, 3.8) is 0 Å². The second-order valence-electron chi connectivity index (χ2n) is 4.80. The average molecular weight is 369 g/mol. The van der Waals surface area contributed by atoms with Gasteiger partial charge in [-0.1, -0.05) is 0 Å². The van der Waals surface area contributed by atoms with Gasteiger partial charge in [0.15, 0.2) is 11.5 Å². The molecular formula is C16H21BrN2O3. The second-order valence-corrected chi connectivity index (χ2v) is 5.65. The number of hydrogen-bond donors (Lipinski definition) is 0. The van der Waals surface area contributed by atoms with E-state index in [-0.39, 0.29) is 11.8 Å². The standard InChI is InChI=1S/C16H21BrN2O3/c1-5-19(10-11(3)9-18)16(20)12-7-13(17)15(22-6-2)14(8-12)21-4/h7-8,11H,5-6,10H2,1-4H3. The Hall–Kier alpha value is -1.74. The molecule has 0 saturated carbocycles. The van der Waals surface area contributed by atoms with E-state index in [2.05, 4.69) is 22.0 Å². The summed E-state index contributed by atoms with van der Waals surface area (Å²) in [5.41, 5.74) is 0.499. The van der Waals surface area contributed by atoms with Crippen LogP contribution in [0.15, 0.2) is 16.6 Å².